The van der Waals surface area contributed by atoms with Crippen molar-refractivity contribution in [1.82, 2.24) is 9.38 Å². The van der Waals surface area contributed by atoms with Gasteiger partial charge >= 0.3 is 0 Å². The van der Waals surface area contributed by atoms with Gasteiger partial charge in [-0.2, -0.15) is 0 Å². The van der Waals surface area contributed by atoms with Crippen LogP contribution >= 0.6 is 11.6 Å². The van der Waals surface area contributed by atoms with Crippen LogP contribution in [0.2, 0.25) is 5.02 Å². The van der Waals surface area contributed by atoms with Crippen molar-refractivity contribution in [2.75, 3.05) is 11.9 Å². The molecule has 25 heavy (non-hydrogen) atoms. The molecule has 0 aliphatic heterocycles. The van der Waals surface area contributed by atoms with Crippen LogP contribution in [0.5, 0.6) is 5.75 Å². The van der Waals surface area contributed by atoms with Gasteiger partial charge < -0.3 is 10.1 Å². The highest BCUT2D eigenvalue weighted by Gasteiger charge is 2.20. The third-order valence-electron chi connectivity index (χ3n) is 3.71. The summed E-state index contributed by atoms with van der Waals surface area (Å²) < 4.78 is 20.6. The second-order valence-electron chi connectivity index (χ2n) is 5.34. The van der Waals surface area contributed by atoms with E-state index in [9.17, 15) is 9.18 Å². The lowest BCUT2D eigenvalue weighted by Gasteiger charge is -2.08. The molecule has 1 aromatic carbocycles. The standard InChI is InChI=1S/C18H17ClFN3O2/c1-3-14-16(18(24)21-11-7-8-13(20)12(19)10-11)23-9-5-6-15(25-4-2)17(23)22-14/h5-10H,3-4H2,1-2H3,(H,21,24). The second-order valence-corrected chi connectivity index (χ2v) is 5.75. The summed E-state index contributed by atoms with van der Waals surface area (Å²) in [6.45, 7) is 4.32. The number of nitrogens with zero attached hydrogens (tertiary/aromatic N) is 2. The molecule has 0 unspecified atom stereocenters. The van der Waals surface area contributed by atoms with E-state index in [4.69, 9.17) is 16.3 Å². The molecule has 0 saturated carbocycles. The third kappa shape index (κ3) is 3.30. The number of halogens is 2. The molecule has 0 radical (unpaired) electrons. The Morgan fingerprint density at radius 2 is 2.16 bits per heavy atom. The Morgan fingerprint density at radius 3 is 2.84 bits per heavy atom. The SMILES string of the molecule is CCOc1cccn2c(C(=O)Nc3ccc(F)c(Cl)c3)c(CC)nc12. The number of benzene rings is 1. The molecule has 3 aromatic rings. The lowest BCUT2D eigenvalue weighted by atomic mass is 10.2. The number of hydrogen-bond donors (Lipinski definition) is 1. The van der Waals surface area contributed by atoms with Crippen LogP contribution in [0.3, 0.4) is 0 Å². The minimum atomic E-state index is -0.537. The summed E-state index contributed by atoms with van der Waals surface area (Å²) in [5, 5.41) is 2.69. The summed E-state index contributed by atoms with van der Waals surface area (Å²) in [5.41, 5.74) is 2.07. The summed E-state index contributed by atoms with van der Waals surface area (Å²) in [4.78, 5) is 17.3. The lowest BCUT2D eigenvalue weighted by Crippen LogP contribution is -2.16. The van der Waals surface area contributed by atoms with Crippen molar-refractivity contribution in [3.8, 4) is 5.75 Å². The largest absolute Gasteiger partial charge is 0.490 e. The zero-order valence-electron chi connectivity index (χ0n) is 13.8. The molecule has 3 rings (SSSR count). The third-order valence-corrected chi connectivity index (χ3v) is 4.00. The molecule has 5 nitrogen and oxygen atoms in total. The molecule has 130 valence electrons. The van der Waals surface area contributed by atoms with Crippen LogP contribution in [0.15, 0.2) is 36.5 Å². The van der Waals surface area contributed by atoms with Gasteiger partial charge in [0, 0.05) is 11.9 Å². The van der Waals surface area contributed by atoms with Crippen molar-refractivity contribution in [3.05, 3.63) is 58.8 Å². The number of imidazole rings is 1. The van der Waals surface area contributed by atoms with Gasteiger partial charge in [0.05, 0.1) is 17.3 Å². The van der Waals surface area contributed by atoms with Crippen molar-refractivity contribution in [1.29, 1.82) is 0 Å². The molecule has 0 aliphatic rings. The van der Waals surface area contributed by atoms with E-state index in [-0.39, 0.29) is 10.9 Å². The van der Waals surface area contributed by atoms with Crippen molar-refractivity contribution < 1.29 is 13.9 Å². The number of aryl methyl sites for hydroxylation is 1. The van der Waals surface area contributed by atoms with E-state index in [2.05, 4.69) is 10.3 Å². The fourth-order valence-electron chi connectivity index (χ4n) is 2.61. The van der Waals surface area contributed by atoms with Crippen molar-refractivity contribution in [2.24, 2.45) is 0 Å². The quantitative estimate of drug-likeness (QED) is 0.735. The van der Waals surface area contributed by atoms with Gasteiger partial charge in [0.1, 0.15) is 11.5 Å². The van der Waals surface area contributed by atoms with Crippen LogP contribution in [0.1, 0.15) is 30.0 Å². The molecule has 2 heterocycles. The van der Waals surface area contributed by atoms with Gasteiger partial charge in [0.25, 0.3) is 5.91 Å². The van der Waals surface area contributed by atoms with E-state index < -0.39 is 5.82 Å². The summed E-state index contributed by atoms with van der Waals surface area (Å²) in [7, 11) is 0. The van der Waals surface area contributed by atoms with Crippen LogP contribution < -0.4 is 10.1 Å². The Bertz CT molecular complexity index is 939. The first-order valence-electron chi connectivity index (χ1n) is 7.94. The molecule has 1 amide bonds. The van der Waals surface area contributed by atoms with Crippen LogP contribution in [0, 0.1) is 5.82 Å². The summed E-state index contributed by atoms with van der Waals surface area (Å²) >= 11 is 5.77. The maximum atomic E-state index is 13.3. The molecule has 2 aromatic heterocycles. The molecule has 0 fully saturated rings. The highest BCUT2D eigenvalue weighted by atomic mass is 35.5. The summed E-state index contributed by atoms with van der Waals surface area (Å²) in [6, 6.07) is 7.65. The Hall–Kier alpha value is -2.60. The summed E-state index contributed by atoms with van der Waals surface area (Å²) in [6.07, 6.45) is 2.34. The number of carbonyl (C=O) groups is 1. The number of rotatable bonds is 5. The van der Waals surface area contributed by atoms with Crippen LogP contribution in [-0.4, -0.2) is 21.9 Å². The maximum Gasteiger partial charge on any atom is 0.274 e. The van der Waals surface area contributed by atoms with Gasteiger partial charge in [-0.3, -0.25) is 9.20 Å². The first kappa shape index (κ1) is 17.2. The number of anilines is 1. The molecule has 0 saturated heterocycles. The van der Waals surface area contributed by atoms with E-state index in [1.807, 2.05) is 19.9 Å². The number of amides is 1. The molecular weight excluding hydrogens is 345 g/mol. The van der Waals surface area contributed by atoms with Crippen LogP contribution in [-0.2, 0) is 6.42 Å². The zero-order chi connectivity index (χ0) is 18.0. The van der Waals surface area contributed by atoms with Gasteiger partial charge in [0.2, 0.25) is 0 Å². The molecular formula is C18H17ClFN3O2. The van der Waals surface area contributed by atoms with Gasteiger partial charge in [-0.05, 0) is 43.7 Å². The second kappa shape index (κ2) is 7.11. The number of nitrogens with one attached hydrogen (secondary N) is 1. The van der Waals surface area contributed by atoms with E-state index in [0.717, 1.165) is 0 Å². The highest BCUT2D eigenvalue weighted by Crippen LogP contribution is 2.24. The number of hydrogen-bond acceptors (Lipinski definition) is 3. The predicted octanol–water partition coefficient (Wildman–Crippen LogP) is 4.34. The number of carbonyl (C=O) groups excluding carboxylic acids is 1. The normalized spacial score (nSPS) is 10.9. The fourth-order valence-corrected chi connectivity index (χ4v) is 2.79. The number of ether oxygens (including phenoxy) is 1. The van der Waals surface area contributed by atoms with E-state index in [1.54, 1.807) is 16.7 Å². The zero-order valence-corrected chi connectivity index (χ0v) is 14.6. The number of pyridine rings is 1. The minimum Gasteiger partial charge on any atom is -0.490 e. The predicted molar refractivity (Wildman–Crippen MR) is 95.1 cm³/mol. The molecule has 0 atom stereocenters. The number of aromatic nitrogens is 2. The maximum absolute atomic E-state index is 13.3. The Labute approximate surface area is 149 Å². The fraction of sp³-hybridized carbons (Fsp3) is 0.222. The molecule has 7 heteroatoms. The number of fused-ring (bicyclic) bond motifs is 1. The van der Waals surface area contributed by atoms with Gasteiger partial charge in [0.15, 0.2) is 11.4 Å². The Balaban J connectivity index is 2.02. The van der Waals surface area contributed by atoms with E-state index >= 15 is 0 Å². The molecule has 0 spiro atoms. The van der Waals surface area contributed by atoms with E-state index in [1.165, 1.54) is 18.2 Å². The monoisotopic (exact) mass is 361 g/mol. The highest BCUT2D eigenvalue weighted by molar-refractivity contribution is 6.31. The molecule has 0 bridgehead atoms. The Morgan fingerprint density at radius 1 is 1.36 bits per heavy atom. The molecule has 0 aliphatic carbocycles. The van der Waals surface area contributed by atoms with Crippen molar-refractivity contribution in [2.45, 2.75) is 20.3 Å². The van der Waals surface area contributed by atoms with Gasteiger partial charge in [-0.25, -0.2) is 9.37 Å². The van der Waals surface area contributed by atoms with E-state index in [0.29, 0.717) is 41.5 Å². The van der Waals surface area contributed by atoms with Gasteiger partial charge in [-0.15, -0.1) is 0 Å². The topological polar surface area (TPSA) is 55.6 Å². The smallest absolute Gasteiger partial charge is 0.274 e. The van der Waals surface area contributed by atoms with Crippen molar-refractivity contribution in [3.63, 3.8) is 0 Å². The van der Waals surface area contributed by atoms with Gasteiger partial charge in [-0.1, -0.05) is 18.5 Å². The average Bonchev–Trinajstić information content (AvgIpc) is 2.98. The first-order chi connectivity index (χ1) is 12.0. The van der Waals surface area contributed by atoms with Crippen LogP contribution in [0.25, 0.3) is 5.65 Å². The Kier molecular flexibility index (Phi) is 4.90. The molecule has 1 N–H and O–H groups in total. The first-order valence-corrected chi connectivity index (χ1v) is 8.32. The lowest BCUT2D eigenvalue weighted by molar-refractivity contribution is 0.102. The van der Waals surface area contributed by atoms with Crippen LogP contribution in [0.4, 0.5) is 10.1 Å². The summed E-state index contributed by atoms with van der Waals surface area (Å²) in [5.74, 6) is -0.269. The average molecular weight is 362 g/mol. The van der Waals surface area contributed by atoms with Crippen molar-refractivity contribution >= 4 is 28.8 Å². The minimum absolute atomic E-state index is 0.0507.